The third-order valence-corrected chi connectivity index (χ3v) is 6.03. The topological polar surface area (TPSA) is 70.6 Å². The van der Waals surface area contributed by atoms with E-state index in [-0.39, 0.29) is 5.91 Å². The molecule has 7 heteroatoms. The molecule has 1 heterocycles. The minimum absolute atomic E-state index is 0.331. The summed E-state index contributed by atoms with van der Waals surface area (Å²) in [6.45, 7) is 2.15. The molecule has 0 fully saturated rings. The summed E-state index contributed by atoms with van der Waals surface area (Å²) in [6.07, 6.45) is 0. The molecule has 3 amide bonds. The number of aliphatic imine (C=N–C) groups is 1. The number of hydrogen-bond donors (Lipinski definition) is 2. The molecule has 1 atom stereocenters. The molecule has 2 N–H and O–H groups in total. The van der Waals surface area contributed by atoms with E-state index in [2.05, 4.69) is 21.7 Å². The second-order valence-electron chi connectivity index (χ2n) is 5.71. The van der Waals surface area contributed by atoms with Gasteiger partial charge in [0.2, 0.25) is 5.91 Å². The first-order chi connectivity index (χ1) is 12.6. The molecule has 0 bridgehead atoms. The van der Waals surface area contributed by atoms with Gasteiger partial charge in [-0.25, -0.2) is 9.79 Å². The lowest BCUT2D eigenvalue weighted by molar-refractivity contribution is -0.119. The summed E-state index contributed by atoms with van der Waals surface area (Å²) in [5.41, 5.74) is 3.12. The van der Waals surface area contributed by atoms with E-state index in [9.17, 15) is 9.59 Å². The highest BCUT2D eigenvalue weighted by Gasteiger charge is 2.21. The van der Waals surface area contributed by atoms with Crippen LogP contribution in [-0.2, 0) is 17.1 Å². The highest BCUT2D eigenvalue weighted by Crippen LogP contribution is 2.35. The van der Waals surface area contributed by atoms with Crippen LogP contribution in [0.25, 0.3) is 0 Å². The van der Waals surface area contributed by atoms with Crippen LogP contribution in [0.4, 0.5) is 10.5 Å². The Morgan fingerprint density at radius 3 is 2.69 bits per heavy atom. The Kier molecular flexibility index (Phi) is 6.35. The summed E-state index contributed by atoms with van der Waals surface area (Å²) in [6, 6.07) is 17.0. The molecule has 1 unspecified atom stereocenters. The van der Waals surface area contributed by atoms with Crippen molar-refractivity contribution >= 4 is 45.5 Å². The van der Waals surface area contributed by atoms with Crippen LogP contribution < -0.4 is 10.6 Å². The van der Waals surface area contributed by atoms with Crippen molar-refractivity contribution in [3.8, 4) is 0 Å². The molecule has 0 saturated carbocycles. The van der Waals surface area contributed by atoms with Crippen LogP contribution in [0, 0.1) is 0 Å². The number of hydrogen-bond acceptors (Lipinski definition) is 5. The summed E-state index contributed by atoms with van der Waals surface area (Å²) in [7, 11) is 0. The van der Waals surface area contributed by atoms with E-state index in [0.29, 0.717) is 6.54 Å². The third-order valence-electron chi connectivity index (χ3n) is 3.73. The highest BCUT2D eigenvalue weighted by atomic mass is 32.2. The number of nitrogens with zero attached hydrogens (tertiary/aromatic N) is 1. The van der Waals surface area contributed by atoms with Gasteiger partial charge < -0.3 is 5.32 Å². The monoisotopic (exact) mass is 385 g/mol. The fourth-order valence-electron chi connectivity index (χ4n) is 2.31. The van der Waals surface area contributed by atoms with Crippen molar-refractivity contribution in [2.75, 3.05) is 0 Å². The fraction of sp³-hybridized carbons (Fsp3) is 0.211. The molecule has 0 aliphatic carbocycles. The Morgan fingerprint density at radius 2 is 1.88 bits per heavy atom. The average Bonchev–Trinajstić information content (AvgIpc) is 2.67. The van der Waals surface area contributed by atoms with E-state index in [0.717, 1.165) is 21.4 Å². The molecular weight excluding hydrogens is 366 g/mol. The largest absolute Gasteiger partial charge is 0.334 e. The normalized spacial score (nSPS) is 14.0. The summed E-state index contributed by atoms with van der Waals surface area (Å²) in [5.74, 6) is 0.510. The van der Waals surface area contributed by atoms with Crippen molar-refractivity contribution in [2.45, 2.75) is 24.5 Å². The lowest BCUT2D eigenvalue weighted by Crippen LogP contribution is -2.42. The van der Waals surface area contributed by atoms with Crippen molar-refractivity contribution in [1.82, 2.24) is 10.6 Å². The molecule has 0 radical (unpaired) electrons. The minimum Gasteiger partial charge on any atom is -0.334 e. The summed E-state index contributed by atoms with van der Waals surface area (Å²) >= 11 is 2.98. The number of carbonyl (C=O) groups is 2. The molecular formula is C19H19N3O2S2. The van der Waals surface area contributed by atoms with Gasteiger partial charge in [0, 0.05) is 12.3 Å². The number of amides is 3. The molecule has 3 rings (SSSR count). The van der Waals surface area contributed by atoms with Gasteiger partial charge in [-0.2, -0.15) is 0 Å². The van der Waals surface area contributed by atoms with Crippen LogP contribution in [0.2, 0.25) is 0 Å². The van der Waals surface area contributed by atoms with Gasteiger partial charge in [0.15, 0.2) is 0 Å². The van der Waals surface area contributed by atoms with Crippen molar-refractivity contribution in [1.29, 1.82) is 0 Å². The van der Waals surface area contributed by atoms with Gasteiger partial charge in [-0.3, -0.25) is 10.1 Å². The van der Waals surface area contributed by atoms with Crippen LogP contribution in [0.15, 0.2) is 59.6 Å². The van der Waals surface area contributed by atoms with E-state index < -0.39 is 11.3 Å². The van der Waals surface area contributed by atoms with Crippen LogP contribution in [0.1, 0.15) is 18.1 Å². The van der Waals surface area contributed by atoms with Gasteiger partial charge >= 0.3 is 6.03 Å². The van der Waals surface area contributed by atoms with Crippen LogP contribution >= 0.6 is 23.5 Å². The SMILES string of the molecule is CC(SC1=Nc2ccccc2CS1)C(=O)NC(=O)NCc1ccccc1. The molecule has 5 nitrogen and oxygen atoms in total. The molecule has 2 aromatic rings. The molecule has 26 heavy (non-hydrogen) atoms. The zero-order chi connectivity index (χ0) is 18.4. The maximum absolute atomic E-state index is 12.2. The number of urea groups is 1. The van der Waals surface area contributed by atoms with Gasteiger partial charge in [-0.15, -0.1) is 0 Å². The summed E-state index contributed by atoms with van der Waals surface area (Å²) in [5, 5.41) is 4.66. The van der Waals surface area contributed by atoms with Gasteiger partial charge in [0.1, 0.15) is 4.38 Å². The number of imide groups is 1. The predicted molar refractivity (Wildman–Crippen MR) is 109 cm³/mol. The molecule has 2 aromatic carbocycles. The van der Waals surface area contributed by atoms with E-state index in [1.807, 2.05) is 48.5 Å². The predicted octanol–water partition coefficient (Wildman–Crippen LogP) is 4.07. The van der Waals surface area contributed by atoms with Crippen molar-refractivity contribution in [3.63, 3.8) is 0 Å². The lowest BCUT2D eigenvalue weighted by atomic mass is 10.2. The molecule has 1 aliphatic heterocycles. The Balaban J connectivity index is 1.49. The Bertz CT molecular complexity index is 825. The second kappa shape index (κ2) is 8.91. The number of benzene rings is 2. The summed E-state index contributed by atoms with van der Waals surface area (Å²) < 4.78 is 0.844. The number of thioether (sulfide) groups is 2. The van der Waals surface area contributed by atoms with Crippen LogP contribution in [0.5, 0.6) is 0 Å². The third kappa shape index (κ3) is 5.12. The van der Waals surface area contributed by atoms with Gasteiger partial charge in [0.05, 0.1) is 10.9 Å². The quantitative estimate of drug-likeness (QED) is 0.832. The fourth-order valence-corrected chi connectivity index (χ4v) is 4.50. The molecule has 1 aliphatic rings. The van der Waals surface area contributed by atoms with Gasteiger partial charge in [0.25, 0.3) is 0 Å². The first kappa shape index (κ1) is 18.5. The number of fused-ring (bicyclic) bond motifs is 1. The summed E-state index contributed by atoms with van der Waals surface area (Å²) in [4.78, 5) is 28.7. The molecule has 0 spiro atoms. The van der Waals surface area contributed by atoms with E-state index in [1.165, 1.54) is 17.3 Å². The standard InChI is InChI=1S/C19H19N3O2S2/c1-13(26-19-21-16-10-6-5-9-15(16)12-25-19)17(23)22-18(24)20-11-14-7-3-2-4-8-14/h2-10,13H,11-12H2,1H3,(H2,20,22,23,24). The number of para-hydroxylation sites is 1. The number of nitrogens with one attached hydrogen (secondary N) is 2. The first-order valence-corrected chi connectivity index (χ1v) is 10.1. The first-order valence-electron chi connectivity index (χ1n) is 8.20. The van der Waals surface area contributed by atoms with Crippen LogP contribution in [0.3, 0.4) is 0 Å². The molecule has 0 saturated heterocycles. The lowest BCUT2D eigenvalue weighted by Gasteiger charge is -2.17. The van der Waals surface area contributed by atoms with Crippen molar-refractivity contribution in [2.24, 2.45) is 4.99 Å². The smallest absolute Gasteiger partial charge is 0.321 e. The Morgan fingerprint density at radius 1 is 1.15 bits per heavy atom. The second-order valence-corrected chi connectivity index (χ2v) is 8.26. The van der Waals surface area contributed by atoms with E-state index in [1.54, 1.807) is 18.7 Å². The zero-order valence-electron chi connectivity index (χ0n) is 14.3. The average molecular weight is 386 g/mol. The minimum atomic E-state index is -0.491. The maximum atomic E-state index is 12.2. The van der Waals surface area contributed by atoms with Crippen LogP contribution in [-0.4, -0.2) is 21.6 Å². The molecule has 134 valence electrons. The number of rotatable bonds is 4. The highest BCUT2D eigenvalue weighted by molar-refractivity contribution is 8.39. The van der Waals surface area contributed by atoms with Gasteiger partial charge in [-0.05, 0) is 24.1 Å². The van der Waals surface area contributed by atoms with Crippen molar-refractivity contribution < 1.29 is 9.59 Å². The Labute approximate surface area is 161 Å². The van der Waals surface area contributed by atoms with Gasteiger partial charge in [-0.1, -0.05) is 72.1 Å². The van der Waals surface area contributed by atoms with E-state index >= 15 is 0 Å². The maximum Gasteiger partial charge on any atom is 0.321 e. The van der Waals surface area contributed by atoms with E-state index in [4.69, 9.17) is 0 Å². The molecule has 0 aromatic heterocycles. The Hall–Kier alpha value is -2.25. The van der Waals surface area contributed by atoms with Crippen molar-refractivity contribution in [3.05, 3.63) is 65.7 Å². The zero-order valence-corrected chi connectivity index (χ0v) is 15.9. The number of carbonyl (C=O) groups excluding carboxylic acids is 2.